The van der Waals surface area contributed by atoms with E-state index in [1.165, 1.54) is 35.3 Å². The van der Waals surface area contributed by atoms with Crippen LogP contribution in [-0.2, 0) is 25.9 Å². The standard InChI is InChI=1S/C21H27N3OS/c1-2-15-6-7-17(22-10-15)12-24-9-8-18-19(14-26-20(18)13-24)21(25)23-11-16-4-3-5-16/h6-7,10,14,16H,2-5,8-9,11-13H2,1H3,(H,23,25). The van der Waals surface area contributed by atoms with Crippen molar-refractivity contribution in [3.05, 3.63) is 51.0 Å². The molecule has 0 aromatic carbocycles. The quantitative estimate of drug-likeness (QED) is 0.842. The van der Waals surface area contributed by atoms with Gasteiger partial charge in [-0.25, -0.2) is 0 Å². The van der Waals surface area contributed by atoms with E-state index in [2.05, 4.69) is 39.6 Å². The van der Waals surface area contributed by atoms with Crippen molar-refractivity contribution in [2.45, 2.75) is 52.1 Å². The van der Waals surface area contributed by atoms with Crippen molar-refractivity contribution in [1.29, 1.82) is 0 Å². The highest BCUT2D eigenvalue weighted by Gasteiger charge is 2.25. The van der Waals surface area contributed by atoms with Gasteiger partial charge < -0.3 is 5.32 Å². The van der Waals surface area contributed by atoms with Crippen LogP contribution in [0.4, 0.5) is 0 Å². The number of carbonyl (C=O) groups is 1. The molecule has 1 aliphatic heterocycles. The smallest absolute Gasteiger partial charge is 0.252 e. The molecule has 2 aromatic heterocycles. The molecule has 4 nitrogen and oxygen atoms in total. The third kappa shape index (κ3) is 3.84. The number of aryl methyl sites for hydroxylation is 1. The van der Waals surface area contributed by atoms with Crippen molar-refractivity contribution in [1.82, 2.24) is 15.2 Å². The predicted octanol–water partition coefficient (Wildman–Crippen LogP) is 3.79. The molecule has 0 saturated heterocycles. The molecule has 1 aliphatic carbocycles. The monoisotopic (exact) mass is 369 g/mol. The number of carbonyl (C=O) groups excluding carboxylic acids is 1. The van der Waals surface area contributed by atoms with Crippen LogP contribution in [0.3, 0.4) is 0 Å². The zero-order chi connectivity index (χ0) is 17.9. The first-order valence-electron chi connectivity index (χ1n) is 9.76. The molecule has 1 saturated carbocycles. The van der Waals surface area contributed by atoms with Gasteiger partial charge in [-0.1, -0.05) is 19.4 Å². The largest absolute Gasteiger partial charge is 0.352 e. The summed E-state index contributed by atoms with van der Waals surface area (Å²) in [5.74, 6) is 0.829. The second kappa shape index (κ2) is 7.89. The molecule has 0 unspecified atom stereocenters. The number of hydrogen-bond donors (Lipinski definition) is 1. The van der Waals surface area contributed by atoms with Crippen molar-refractivity contribution in [2.75, 3.05) is 13.1 Å². The molecule has 4 rings (SSSR count). The van der Waals surface area contributed by atoms with Gasteiger partial charge in [0, 0.05) is 42.6 Å². The molecule has 5 heteroatoms. The van der Waals surface area contributed by atoms with Crippen molar-refractivity contribution >= 4 is 17.2 Å². The number of thiophene rings is 1. The highest BCUT2D eigenvalue weighted by atomic mass is 32.1. The van der Waals surface area contributed by atoms with Crippen LogP contribution in [0.1, 0.15) is 58.2 Å². The number of hydrogen-bond acceptors (Lipinski definition) is 4. The van der Waals surface area contributed by atoms with Crippen LogP contribution in [0.5, 0.6) is 0 Å². The van der Waals surface area contributed by atoms with Gasteiger partial charge in [-0.3, -0.25) is 14.7 Å². The van der Waals surface area contributed by atoms with E-state index in [-0.39, 0.29) is 5.91 Å². The number of nitrogens with zero attached hydrogens (tertiary/aromatic N) is 2. The number of nitrogens with one attached hydrogen (secondary N) is 1. The van der Waals surface area contributed by atoms with Gasteiger partial charge in [0.05, 0.1) is 11.3 Å². The van der Waals surface area contributed by atoms with E-state index in [1.54, 1.807) is 11.3 Å². The molecule has 1 amide bonds. The Hall–Kier alpha value is -1.72. The van der Waals surface area contributed by atoms with Crippen LogP contribution >= 0.6 is 11.3 Å². The summed E-state index contributed by atoms with van der Waals surface area (Å²) in [6.45, 7) is 5.79. The van der Waals surface area contributed by atoms with Gasteiger partial charge in [0.15, 0.2) is 0 Å². The first-order valence-corrected chi connectivity index (χ1v) is 10.6. The molecule has 2 aliphatic rings. The number of pyridine rings is 1. The minimum Gasteiger partial charge on any atom is -0.352 e. The lowest BCUT2D eigenvalue weighted by Gasteiger charge is -2.27. The molecule has 0 atom stereocenters. The molecule has 1 N–H and O–H groups in total. The Labute approximate surface area is 159 Å². The Kier molecular flexibility index (Phi) is 5.36. The van der Waals surface area contributed by atoms with Crippen LogP contribution in [0, 0.1) is 5.92 Å². The lowest BCUT2D eigenvalue weighted by atomic mass is 9.85. The summed E-state index contributed by atoms with van der Waals surface area (Å²) in [5.41, 5.74) is 4.59. The molecule has 0 radical (unpaired) electrons. The highest BCUT2D eigenvalue weighted by Crippen LogP contribution is 2.30. The average molecular weight is 370 g/mol. The van der Waals surface area contributed by atoms with Gasteiger partial charge in [0.2, 0.25) is 0 Å². The normalized spacial score (nSPS) is 17.6. The minimum absolute atomic E-state index is 0.125. The lowest BCUT2D eigenvalue weighted by Crippen LogP contribution is -2.34. The zero-order valence-electron chi connectivity index (χ0n) is 15.5. The SMILES string of the molecule is CCc1ccc(CN2CCc3c(C(=O)NCC4CCC4)csc3C2)nc1. The lowest BCUT2D eigenvalue weighted by molar-refractivity contribution is 0.0937. The van der Waals surface area contributed by atoms with E-state index in [0.717, 1.165) is 50.3 Å². The second-order valence-corrected chi connectivity index (χ2v) is 8.49. The number of aromatic nitrogens is 1. The van der Waals surface area contributed by atoms with Gasteiger partial charge in [-0.05, 0) is 48.8 Å². The molecule has 2 aromatic rings. The van der Waals surface area contributed by atoms with E-state index in [0.29, 0.717) is 5.92 Å². The van der Waals surface area contributed by atoms with Crippen LogP contribution in [0.25, 0.3) is 0 Å². The predicted molar refractivity (Wildman–Crippen MR) is 105 cm³/mol. The summed E-state index contributed by atoms with van der Waals surface area (Å²) in [6.07, 6.45) is 7.83. The number of rotatable bonds is 6. The van der Waals surface area contributed by atoms with Gasteiger partial charge in [0.25, 0.3) is 5.91 Å². The third-order valence-corrected chi connectivity index (χ3v) is 6.74. The summed E-state index contributed by atoms with van der Waals surface area (Å²) in [6, 6.07) is 4.31. The first kappa shape index (κ1) is 17.7. The molecular weight excluding hydrogens is 342 g/mol. The fourth-order valence-electron chi connectivity index (χ4n) is 3.72. The van der Waals surface area contributed by atoms with Crippen LogP contribution in [0.2, 0.25) is 0 Å². The van der Waals surface area contributed by atoms with Crippen LogP contribution < -0.4 is 5.32 Å². The van der Waals surface area contributed by atoms with E-state index in [1.807, 2.05) is 6.20 Å². The Balaban J connectivity index is 1.36. The van der Waals surface area contributed by atoms with Crippen molar-refractivity contribution < 1.29 is 4.79 Å². The average Bonchev–Trinajstić information content (AvgIpc) is 3.04. The molecule has 138 valence electrons. The van der Waals surface area contributed by atoms with Crippen molar-refractivity contribution in [2.24, 2.45) is 5.92 Å². The van der Waals surface area contributed by atoms with E-state index >= 15 is 0 Å². The maximum atomic E-state index is 12.5. The maximum absolute atomic E-state index is 12.5. The molecule has 0 spiro atoms. The Morgan fingerprint density at radius 1 is 1.38 bits per heavy atom. The summed E-state index contributed by atoms with van der Waals surface area (Å²) >= 11 is 1.73. The summed E-state index contributed by atoms with van der Waals surface area (Å²) in [4.78, 5) is 20.9. The Morgan fingerprint density at radius 2 is 2.27 bits per heavy atom. The second-order valence-electron chi connectivity index (χ2n) is 7.53. The molecule has 0 bridgehead atoms. The molecule has 1 fully saturated rings. The van der Waals surface area contributed by atoms with Crippen molar-refractivity contribution in [3.63, 3.8) is 0 Å². The summed E-state index contributed by atoms with van der Waals surface area (Å²) < 4.78 is 0. The fraction of sp³-hybridized carbons (Fsp3) is 0.524. The summed E-state index contributed by atoms with van der Waals surface area (Å²) in [5, 5.41) is 5.20. The number of amides is 1. The maximum Gasteiger partial charge on any atom is 0.252 e. The van der Waals surface area contributed by atoms with E-state index in [9.17, 15) is 4.79 Å². The van der Waals surface area contributed by atoms with Crippen molar-refractivity contribution in [3.8, 4) is 0 Å². The van der Waals surface area contributed by atoms with Gasteiger partial charge in [0.1, 0.15) is 0 Å². The zero-order valence-corrected chi connectivity index (χ0v) is 16.3. The highest BCUT2D eigenvalue weighted by molar-refractivity contribution is 7.10. The molecule has 3 heterocycles. The topological polar surface area (TPSA) is 45.2 Å². The fourth-order valence-corrected chi connectivity index (χ4v) is 4.84. The van der Waals surface area contributed by atoms with Gasteiger partial charge >= 0.3 is 0 Å². The van der Waals surface area contributed by atoms with Crippen LogP contribution in [0.15, 0.2) is 23.7 Å². The Bertz CT molecular complexity index is 764. The Morgan fingerprint density at radius 3 is 2.96 bits per heavy atom. The molecular formula is C21H27N3OS. The van der Waals surface area contributed by atoms with Gasteiger partial charge in [-0.2, -0.15) is 0 Å². The summed E-state index contributed by atoms with van der Waals surface area (Å²) in [7, 11) is 0. The first-order chi connectivity index (χ1) is 12.7. The van der Waals surface area contributed by atoms with Crippen LogP contribution in [-0.4, -0.2) is 28.9 Å². The van der Waals surface area contributed by atoms with Gasteiger partial charge in [-0.15, -0.1) is 11.3 Å². The third-order valence-electron chi connectivity index (χ3n) is 5.73. The minimum atomic E-state index is 0.125. The molecule has 26 heavy (non-hydrogen) atoms. The number of fused-ring (bicyclic) bond motifs is 1. The van der Waals surface area contributed by atoms with E-state index < -0.39 is 0 Å². The van der Waals surface area contributed by atoms with E-state index in [4.69, 9.17) is 0 Å².